The highest BCUT2D eigenvalue weighted by molar-refractivity contribution is 5.93. The third kappa shape index (κ3) is 3.32. The van der Waals surface area contributed by atoms with Gasteiger partial charge in [-0.25, -0.2) is 0 Å². The molecule has 4 aliphatic carbocycles. The van der Waals surface area contributed by atoms with Crippen LogP contribution in [-0.2, 0) is 4.79 Å². The summed E-state index contributed by atoms with van der Waals surface area (Å²) in [6, 6.07) is 9.15. The van der Waals surface area contributed by atoms with Crippen molar-refractivity contribution in [3.8, 4) is 0 Å². The molecule has 0 saturated heterocycles. The zero-order valence-electron chi connectivity index (χ0n) is 19.5. The first-order chi connectivity index (χ1) is 14.9. The van der Waals surface area contributed by atoms with Gasteiger partial charge in [0.15, 0.2) is 5.78 Å². The molecule has 31 heavy (non-hydrogen) atoms. The van der Waals surface area contributed by atoms with E-state index >= 15 is 0 Å². The van der Waals surface area contributed by atoms with Gasteiger partial charge in [0.2, 0.25) is 0 Å². The molecule has 2 saturated carbocycles. The molecule has 1 nitrogen and oxygen atoms in total. The van der Waals surface area contributed by atoms with E-state index in [9.17, 15) is 4.79 Å². The fourth-order valence-electron chi connectivity index (χ4n) is 7.41. The van der Waals surface area contributed by atoms with Gasteiger partial charge in [-0.2, -0.15) is 0 Å². The lowest BCUT2D eigenvalue weighted by Crippen LogP contribution is -2.41. The Balaban J connectivity index is 1.69. The molecular weight excluding hydrogens is 376 g/mol. The minimum atomic E-state index is 0.306. The van der Waals surface area contributed by atoms with E-state index in [-0.39, 0.29) is 0 Å². The zero-order valence-corrected chi connectivity index (χ0v) is 19.5. The summed E-state index contributed by atoms with van der Waals surface area (Å²) >= 11 is 0. The van der Waals surface area contributed by atoms with Gasteiger partial charge < -0.3 is 0 Å². The van der Waals surface area contributed by atoms with Gasteiger partial charge in [0.25, 0.3) is 0 Å². The number of carbonyl (C=O) groups is 1. The minimum absolute atomic E-state index is 0.306. The van der Waals surface area contributed by atoms with Gasteiger partial charge in [0.05, 0.1) is 0 Å². The van der Waals surface area contributed by atoms with E-state index < -0.39 is 0 Å². The predicted molar refractivity (Wildman–Crippen MR) is 130 cm³/mol. The Morgan fingerprint density at radius 3 is 2.81 bits per heavy atom. The topological polar surface area (TPSA) is 17.1 Å². The third-order valence-corrected chi connectivity index (χ3v) is 8.82. The first-order valence-corrected chi connectivity index (χ1v) is 12.3. The number of hydrogen-bond acceptors (Lipinski definition) is 1. The van der Waals surface area contributed by atoms with E-state index in [1.165, 1.54) is 42.4 Å². The van der Waals surface area contributed by atoms with Crippen molar-refractivity contribution >= 4 is 11.4 Å². The highest BCUT2D eigenvalue weighted by atomic mass is 16.1. The molecule has 0 bridgehead atoms. The Bertz CT molecular complexity index is 1030. The number of carbonyl (C=O) groups excluding carboxylic acids is 1. The molecule has 0 spiro atoms. The van der Waals surface area contributed by atoms with E-state index in [1.807, 2.05) is 6.08 Å². The molecule has 0 amide bonds. The molecule has 0 radical (unpaired) electrons. The van der Waals surface area contributed by atoms with Gasteiger partial charge in [-0.05, 0) is 97.5 Å². The van der Waals surface area contributed by atoms with Crippen LogP contribution in [0.25, 0.3) is 5.57 Å². The van der Waals surface area contributed by atoms with Crippen molar-refractivity contribution in [2.75, 3.05) is 0 Å². The number of fused-ring (bicyclic) bond motifs is 4. The second-order valence-electron chi connectivity index (χ2n) is 10.6. The second kappa shape index (κ2) is 7.76. The maximum Gasteiger partial charge on any atom is 0.156 e. The molecular formula is C30H36O. The third-order valence-electron chi connectivity index (χ3n) is 8.82. The summed E-state index contributed by atoms with van der Waals surface area (Å²) in [6.07, 6.45) is 13.4. The molecule has 162 valence electrons. The van der Waals surface area contributed by atoms with E-state index in [2.05, 4.69) is 57.7 Å². The summed E-state index contributed by atoms with van der Waals surface area (Å²) in [5, 5.41) is 0. The summed E-state index contributed by atoms with van der Waals surface area (Å²) in [5.41, 5.74) is 10.5. The van der Waals surface area contributed by atoms with Gasteiger partial charge in [0.1, 0.15) is 0 Å². The van der Waals surface area contributed by atoms with Gasteiger partial charge in [-0.3, -0.25) is 4.79 Å². The van der Waals surface area contributed by atoms with Crippen LogP contribution >= 0.6 is 0 Å². The highest BCUT2D eigenvalue weighted by Gasteiger charge is 2.54. The normalized spacial score (nSPS) is 33.6. The molecule has 1 aromatic rings. The molecule has 0 N–H and O–H groups in total. The van der Waals surface area contributed by atoms with E-state index in [0.717, 1.165) is 30.8 Å². The van der Waals surface area contributed by atoms with Crippen LogP contribution in [0.15, 0.2) is 65.3 Å². The lowest BCUT2D eigenvalue weighted by atomic mass is 9.53. The zero-order chi connectivity index (χ0) is 21.8. The predicted octanol–water partition coefficient (Wildman–Crippen LogP) is 7.96. The van der Waals surface area contributed by atoms with Crippen molar-refractivity contribution in [1.29, 1.82) is 0 Å². The van der Waals surface area contributed by atoms with Gasteiger partial charge >= 0.3 is 0 Å². The van der Waals surface area contributed by atoms with Crippen molar-refractivity contribution in [3.05, 3.63) is 76.4 Å². The molecule has 4 aliphatic rings. The Kier molecular flexibility index (Phi) is 5.19. The van der Waals surface area contributed by atoms with E-state index in [1.54, 1.807) is 16.7 Å². The van der Waals surface area contributed by atoms with E-state index in [0.29, 0.717) is 29.5 Å². The lowest BCUT2D eigenvalue weighted by molar-refractivity contribution is -0.114. The maximum atomic E-state index is 12.2. The summed E-state index contributed by atoms with van der Waals surface area (Å²) in [5.74, 6) is 2.21. The van der Waals surface area contributed by atoms with Crippen molar-refractivity contribution in [1.82, 2.24) is 0 Å². The van der Waals surface area contributed by atoms with Crippen LogP contribution in [0.4, 0.5) is 0 Å². The first-order valence-electron chi connectivity index (χ1n) is 12.3. The smallest absolute Gasteiger partial charge is 0.156 e. The summed E-state index contributed by atoms with van der Waals surface area (Å²) in [7, 11) is 0. The average molecular weight is 413 g/mol. The van der Waals surface area contributed by atoms with Gasteiger partial charge in [-0.1, -0.05) is 67.5 Å². The minimum Gasteiger partial charge on any atom is -0.295 e. The molecule has 0 heterocycles. The number of ketones is 1. The number of allylic oxidation sites excluding steroid dienone is 7. The molecule has 2 fully saturated rings. The molecule has 4 atom stereocenters. The Morgan fingerprint density at radius 2 is 2.03 bits per heavy atom. The van der Waals surface area contributed by atoms with Crippen LogP contribution in [0.5, 0.6) is 0 Å². The SMILES string of the molecule is C=C(C)c1cccc(C2CC3(C)/C(=C\CC)CCC3C3CCC4=CC(=O)CCC4=C23)c1. The standard InChI is InChI=1S/C30H36O/c1-5-7-23-11-15-28-26-13-10-22-17-24(31)12-14-25(22)29(26)27(18-30(23,28)4)21-9-6-8-20(16-21)19(2)3/h6-9,16-17,26-28H,2,5,10-15,18H2,1,3-4H3/b23-7-. The lowest BCUT2D eigenvalue weighted by Gasteiger charge is -2.51. The van der Waals surface area contributed by atoms with E-state index in [4.69, 9.17) is 0 Å². The van der Waals surface area contributed by atoms with Crippen LogP contribution < -0.4 is 0 Å². The van der Waals surface area contributed by atoms with Crippen LogP contribution in [-0.4, -0.2) is 5.78 Å². The number of benzene rings is 1. The number of rotatable bonds is 3. The van der Waals surface area contributed by atoms with Crippen molar-refractivity contribution in [3.63, 3.8) is 0 Å². The molecule has 1 heteroatoms. The summed E-state index contributed by atoms with van der Waals surface area (Å²) in [4.78, 5) is 12.2. The van der Waals surface area contributed by atoms with Crippen molar-refractivity contribution in [2.24, 2.45) is 17.3 Å². The molecule has 1 aromatic carbocycles. The quantitative estimate of drug-likeness (QED) is 0.460. The Labute approximate surface area is 188 Å². The summed E-state index contributed by atoms with van der Waals surface area (Å²) in [6.45, 7) is 11.2. The number of hydrogen-bond donors (Lipinski definition) is 0. The molecule has 4 unspecified atom stereocenters. The molecule has 5 rings (SSSR count). The Hall–Kier alpha value is -2.15. The Morgan fingerprint density at radius 1 is 1.19 bits per heavy atom. The fraction of sp³-hybridized carbons (Fsp3) is 0.500. The monoisotopic (exact) mass is 412 g/mol. The van der Waals surface area contributed by atoms with Crippen molar-refractivity contribution < 1.29 is 4.79 Å². The largest absolute Gasteiger partial charge is 0.295 e. The maximum absolute atomic E-state index is 12.2. The molecule has 0 aromatic heterocycles. The van der Waals surface area contributed by atoms with Crippen LogP contribution in [0.1, 0.15) is 89.2 Å². The fourth-order valence-corrected chi connectivity index (χ4v) is 7.41. The van der Waals surface area contributed by atoms with Gasteiger partial charge in [-0.15, -0.1) is 0 Å². The first kappa shape index (κ1) is 20.7. The van der Waals surface area contributed by atoms with Crippen molar-refractivity contribution in [2.45, 2.75) is 78.1 Å². The summed E-state index contributed by atoms with van der Waals surface area (Å²) < 4.78 is 0. The van der Waals surface area contributed by atoms with Gasteiger partial charge in [0, 0.05) is 12.3 Å². The molecule has 0 aliphatic heterocycles. The second-order valence-corrected chi connectivity index (χ2v) is 10.6. The average Bonchev–Trinajstić information content (AvgIpc) is 3.09. The van der Waals surface area contributed by atoms with Crippen LogP contribution in [0.3, 0.4) is 0 Å². The highest BCUT2D eigenvalue weighted by Crippen LogP contribution is 2.65. The van der Waals surface area contributed by atoms with Crippen LogP contribution in [0, 0.1) is 17.3 Å². The van der Waals surface area contributed by atoms with Crippen LogP contribution in [0.2, 0.25) is 0 Å².